The number of nitriles is 1. The molecule has 0 unspecified atom stereocenters. The van der Waals surface area contributed by atoms with Crippen molar-refractivity contribution in [2.45, 2.75) is 13.1 Å². The molecule has 4 rings (SSSR count). The molecule has 1 aliphatic rings. The fourth-order valence-electron chi connectivity index (χ4n) is 3.51. The molecule has 2 aromatic carbocycles. The molecular formula is C23H25N5OS. The van der Waals surface area contributed by atoms with E-state index in [0.717, 1.165) is 61.5 Å². The first-order chi connectivity index (χ1) is 14.7. The Morgan fingerprint density at radius 3 is 2.30 bits per heavy atom. The fraction of sp³-hybridized carbons (Fsp3) is 0.304. The molecule has 0 saturated carbocycles. The number of ether oxygens (including phenoxy) is 1. The standard InChI is InChI=1S/C23H25N5OS/c1-29-22-8-6-20(7-9-22)25-23-26-21(17-30-23)16-28-12-10-27(11-13-28)15-19-4-2-18(14-24)3-5-19/h2-9,17H,10-13,15-16H2,1H3,(H,25,26). The number of benzene rings is 2. The first kappa shape index (κ1) is 20.4. The van der Waals surface area contributed by atoms with Crippen LogP contribution in [0.2, 0.25) is 0 Å². The van der Waals surface area contributed by atoms with Crippen LogP contribution in [0.15, 0.2) is 53.9 Å². The average molecular weight is 420 g/mol. The largest absolute Gasteiger partial charge is 0.497 e. The van der Waals surface area contributed by atoms with E-state index < -0.39 is 0 Å². The van der Waals surface area contributed by atoms with Gasteiger partial charge in [-0.05, 0) is 42.0 Å². The van der Waals surface area contributed by atoms with Gasteiger partial charge in [-0.3, -0.25) is 9.80 Å². The summed E-state index contributed by atoms with van der Waals surface area (Å²) in [5.74, 6) is 0.846. The molecule has 1 N–H and O–H groups in total. The molecule has 0 spiro atoms. The van der Waals surface area contributed by atoms with Gasteiger partial charge in [-0.1, -0.05) is 12.1 Å². The molecule has 3 aromatic rings. The van der Waals surface area contributed by atoms with E-state index in [2.05, 4.69) is 38.7 Å². The SMILES string of the molecule is COc1ccc(Nc2nc(CN3CCN(Cc4ccc(C#N)cc4)CC3)cs2)cc1. The minimum absolute atomic E-state index is 0.715. The topological polar surface area (TPSA) is 64.4 Å². The van der Waals surface area contributed by atoms with Crippen LogP contribution >= 0.6 is 11.3 Å². The van der Waals surface area contributed by atoms with Gasteiger partial charge < -0.3 is 10.1 Å². The zero-order chi connectivity index (χ0) is 20.8. The van der Waals surface area contributed by atoms with Crippen molar-refractivity contribution in [3.63, 3.8) is 0 Å². The second-order valence-electron chi connectivity index (χ2n) is 7.36. The van der Waals surface area contributed by atoms with Gasteiger partial charge >= 0.3 is 0 Å². The number of hydrogen-bond donors (Lipinski definition) is 1. The van der Waals surface area contributed by atoms with Gasteiger partial charge in [0.2, 0.25) is 0 Å². The third-order valence-electron chi connectivity index (χ3n) is 5.23. The summed E-state index contributed by atoms with van der Waals surface area (Å²) in [7, 11) is 1.67. The molecule has 1 saturated heterocycles. The molecular weight excluding hydrogens is 394 g/mol. The van der Waals surface area contributed by atoms with Crippen LogP contribution in [0.4, 0.5) is 10.8 Å². The number of thiazole rings is 1. The van der Waals surface area contributed by atoms with Crippen LogP contribution in [-0.4, -0.2) is 48.1 Å². The number of piperazine rings is 1. The smallest absolute Gasteiger partial charge is 0.187 e. The number of rotatable bonds is 7. The summed E-state index contributed by atoms with van der Waals surface area (Å²) in [5.41, 5.74) is 4.09. The molecule has 0 radical (unpaired) electrons. The molecule has 1 fully saturated rings. The van der Waals surface area contributed by atoms with Gasteiger partial charge in [0.1, 0.15) is 5.75 Å². The van der Waals surface area contributed by atoms with Crippen molar-refractivity contribution in [2.24, 2.45) is 0 Å². The molecule has 2 heterocycles. The van der Waals surface area contributed by atoms with Crippen molar-refractivity contribution in [1.29, 1.82) is 5.26 Å². The number of methoxy groups -OCH3 is 1. The predicted molar refractivity (Wildman–Crippen MR) is 120 cm³/mol. The lowest BCUT2D eigenvalue weighted by molar-refractivity contribution is 0.121. The summed E-state index contributed by atoms with van der Waals surface area (Å²) in [6.07, 6.45) is 0. The van der Waals surface area contributed by atoms with Crippen LogP contribution in [0.25, 0.3) is 0 Å². The minimum Gasteiger partial charge on any atom is -0.497 e. The normalized spacial score (nSPS) is 14.9. The van der Waals surface area contributed by atoms with Crippen LogP contribution < -0.4 is 10.1 Å². The Morgan fingerprint density at radius 2 is 1.67 bits per heavy atom. The highest BCUT2D eigenvalue weighted by Crippen LogP contribution is 2.23. The molecule has 1 aromatic heterocycles. The lowest BCUT2D eigenvalue weighted by atomic mass is 10.1. The Kier molecular flexibility index (Phi) is 6.60. The zero-order valence-electron chi connectivity index (χ0n) is 17.0. The van der Waals surface area contributed by atoms with Crippen LogP contribution in [0.5, 0.6) is 5.75 Å². The van der Waals surface area contributed by atoms with Gasteiger partial charge in [0.05, 0.1) is 24.4 Å². The monoisotopic (exact) mass is 419 g/mol. The van der Waals surface area contributed by atoms with Crippen molar-refractivity contribution < 1.29 is 4.74 Å². The number of hydrogen-bond acceptors (Lipinski definition) is 7. The molecule has 6 nitrogen and oxygen atoms in total. The predicted octanol–water partition coefficient (Wildman–Crippen LogP) is 4.08. The van der Waals surface area contributed by atoms with Crippen LogP contribution in [0, 0.1) is 11.3 Å². The van der Waals surface area contributed by atoms with E-state index in [1.54, 1.807) is 18.4 Å². The molecule has 1 aliphatic heterocycles. The van der Waals surface area contributed by atoms with E-state index in [0.29, 0.717) is 5.56 Å². The molecule has 7 heteroatoms. The quantitative estimate of drug-likeness (QED) is 0.622. The number of anilines is 2. The van der Waals surface area contributed by atoms with E-state index in [9.17, 15) is 0 Å². The van der Waals surface area contributed by atoms with Crippen molar-refractivity contribution >= 4 is 22.2 Å². The summed E-state index contributed by atoms with van der Waals surface area (Å²) in [6, 6.07) is 17.9. The van der Waals surface area contributed by atoms with E-state index in [-0.39, 0.29) is 0 Å². The summed E-state index contributed by atoms with van der Waals surface area (Å²) in [6.45, 7) is 5.98. The number of nitrogens with one attached hydrogen (secondary N) is 1. The van der Waals surface area contributed by atoms with Crippen molar-refractivity contribution in [2.75, 3.05) is 38.6 Å². The van der Waals surface area contributed by atoms with Crippen LogP contribution in [0.3, 0.4) is 0 Å². The maximum atomic E-state index is 8.92. The van der Waals surface area contributed by atoms with Gasteiger partial charge in [-0.15, -0.1) is 11.3 Å². The Morgan fingerprint density at radius 1 is 1.00 bits per heavy atom. The first-order valence-corrected chi connectivity index (χ1v) is 10.9. The fourth-order valence-corrected chi connectivity index (χ4v) is 4.23. The zero-order valence-corrected chi connectivity index (χ0v) is 17.9. The molecule has 0 bridgehead atoms. The van der Waals surface area contributed by atoms with Gasteiger partial charge in [0, 0.05) is 50.3 Å². The van der Waals surface area contributed by atoms with Gasteiger partial charge in [-0.2, -0.15) is 5.26 Å². The van der Waals surface area contributed by atoms with E-state index in [4.69, 9.17) is 15.0 Å². The van der Waals surface area contributed by atoms with Gasteiger partial charge in [0.15, 0.2) is 5.13 Å². The second-order valence-corrected chi connectivity index (χ2v) is 8.22. The molecule has 0 atom stereocenters. The van der Waals surface area contributed by atoms with Crippen LogP contribution in [-0.2, 0) is 13.1 Å². The molecule has 0 amide bonds. The summed E-state index contributed by atoms with van der Waals surface area (Å²) in [4.78, 5) is 9.67. The number of aromatic nitrogens is 1. The minimum atomic E-state index is 0.715. The average Bonchev–Trinajstić information content (AvgIpc) is 3.23. The van der Waals surface area contributed by atoms with Gasteiger partial charge in [0.25, 0.3) is 0 Å². The highest BCUT2D eigenvalue weighted by atomic mass is 32.1. The maximum Gasteiger partial charge on any atom is 0.187 e. The van der Waals surface area contributed by atoms with E-state index >= 15 is 0 Å². The molecule has 30 heavy (non-hydrogen) atoms. The number of nitrogens with zero attached hydrogens (tertiary/aromatic N) is 4. The molecule has 154 valence electrons. The third kappa shape index (κ3) is 5.36. The summed E-state index contributed by atoms with van der Waals surface area (Å²) in [5, 5.41) is 15.3. The Balaban J connectivity index is 1.24. The summed E-state index contributed by atoms with van der Waals surface area (Å²) < 4.78 is 5.20. The van der Waals surface area contributed by atoms with E-state index in [1.807, 2.05) is 36.4 Å². The lowest BCUT2D eigenvalue weighted by Crippen LogP contribution is -2.45. The summed E-state index contributed by atoms with van der Waals surface area (Å²) >= 11 is 1.63. The van der Waals surface area contributed by atoms with Crippen LogP contribution in [0.1, 0.15) is 16.8 Å². The lowest BCUT2D eigenvalue weighted by Gasteiger charge is -2.34. The molecule has 0 aliphatic carbocycles. The second kappa shape index (κ2) is 9.72. The Bertz CT molecular complexity index is 986. The third-order valence-corrected chi connectivity index (χ3v) is 6.04. The first-order valence-electron chi connectivity index (χ1n) is 10.0. The van der Waals surface area contributed by atoms with Crippen molar-refractivity contribution in [1.82, 2.24) is 14.8 Å². The Hall–Kier alpha value is -2.92. The highest BCUT2D eigenvalue weighted by molar-refractivity contribution is 7.13. The van der Waals surface area contributed by atoms with Crippen molar-refractivity contribution in [3.8, 4) is 11.8 Å². The van der Waals surface area contributed by atoms with Gasteiger partial charge in [-0.25, -0.2) is 4.98 Å². The van der Waals surface area contributed by atoms with Crippen molar-refractivity contribution in [3.05, 3.63) is 70.7 Å². The maximum absolute atomic E-state index is 8.92. The highest BCUT2D eigenvalue weighted by Gasteiger charge is 2.18. The Labute approximate surface area is 181 Å². The van der Waals surface area contributed by atoms with E-state index in [1.165, 1.54) is 5.56 Å².